The molecule has 6 rings (SSSR count). The lowest BCUT2D eigenvalue weighted by Gasteiger charge is -2.70. The van der Waals surface area contributed by atoms with E-state index in [1.165, 1.54) is 11.1 Å². The molecule has 2 N–H and O–H groups in total. The van der Waals surface area contributed by atoms with Crippen LogP contribution in [0.1, 0.15) is 111 Å². The maximum atomic E-state index is 14.0. The average molecular weight is 573 g/mol. The molecule has 0 unspecified atom stereocenters. The predicted octanol–water partition coefficient (Wildman–Crippen LogP) is 8.41. The molecule has 4 fully saturated rings. The van der Waals surface area contributed by atoms with Gasteiger partial charge in [-0.3, -0.25) is 9.59 Å². The SMILES string of the molecule is Cc1ccc(/C=C2\C[C@]3(C)[C@H]4CC=C5[C@@H]6CC(C)(C)C[C@@H](O)[C@]6(C(=O)O)CC[C@@]5(C)[C@]4(C)CC[C@H]3C(C)(C)C2=O)cc1. The summed E-state index contributed by atoms with van der Waals surface area (Å²) in [7, 11) is 0. The number of benzene rings is 1. The number of carboxylic acids is 1. The predicted molar refractivity (Wildman–Crippen MR) is 168 cm³/mol. The number of fused-ring (bicyclic) bond motifs is 7. The number of carbonyl (C=O) groups is 2. The molecular formula is C38H52O4. The molecule has 1 aromatic rings. The second-order valence-corrected chi connectivity index (χ2v) is 17.1. The lowest BCUT2D eigenvalue weighted by molar-refractivity contribution is -0.197. The highest BCUT2D eigenvalue weighted by Gasteiger charge is 2.71. The number of ketones is 1. The smallest absolute Gasteiger partial charge is 0.312 e. The number of Topliss-reactive ketones (excluding diaryl/α,β-unsaturated/α-hetero) is 1. The Labute approximate surface area is 253 Å². The third-order valence-corrected chi connectivity index (χ3v) is 14.1. The van der Waals surface area contributed by atoms with E-state index in [0.29, 0.717) is 30.5 Å². The third-order valence-electron chi connectivity index (χ3n) is 14.1. The summed E-state index contributed by atoms with van der Waals surface area (Å²) in [6, 6.07) is 8.47. The Morgan fingerprint density at radius 3 is 2.24 bits per heavy atom. The fourth-order valence-electron chi connectivity index (χ4n) is 11.7. The minimum absolute atomic E-state index is 0.00895. The van der Waals surface area contributed by atoms with Gasteiger partial charge in [-0.25, -0.2) is 0 Å². The molecule has 5 aliphatic carbocycles. The van der Waals surface area contributed by atoms with E-state index in [1.54, 1.807) is 0 Å². The molecule has 0 amide bonds. The van der Waals surface area contributed by atoms with Crippen LogP contribution >= 0.6 is 0 Å². The normalized spacial score (nSPS) is 44.7. The van der Waals surface area contributed by atoms with Gasteiger partial charge in [-0.15, -0.1) is 0 Å². The number of aryl methyl sites for hydroxylation is 1. The summed E-state index contributed by atoms with van der Waals surface area (Å²) in [5.74, 6) is 0.0401. The number of aliphatic hydroxyl groups is 1. The number of rotatable bonds is 2. The van der Waals surface area contributed by atoms with E-state index in [9.17, 15) is 19.8 Å². The first-order valence-electron chi connectivity index (χ1n) is 16.4. The molecule has 5 aliphatic rings. The number of carbonyl (C=O) groups excluding carboxylic acids is 1. The molecule has 0 saturated heterocycles. The first kappa shape index (κ1) is 29.9. The molecule has 4 heteroatoms. The maximum Gasteiger partial charge on any atom is 0.312 e. The van der Waals surface area contributed by atoms with Crippen molar-refractivity contribution in [3.05, 3.63) is 52.6 Å². The quantitative estimate of drug-likeness (QED) is 0.276. The van der Waals surface area contributed by atoms with E-state index in [0.717, 1.165) is 49.7 Å². The van der Waals surface area contributed by atoms with Crippen molar-refractivity contribution in [3.8, 4) is 0 Å². The lowest BCUT2D eigenvalue weighted by atomic mass is 9.33. The zero-order chi connectivity index (χ0) is 30.7. The van der Waals surface area contributed by atoms with Crippen molar-refractivity contribution in [1.82, 2.24) is 0 Å². The number of carboxylic acid groups (broad SMARTS) is 1. The lowest BCUT2D eigenvalue weighted by Crippen LogP contribution is -2.66. The number of hydrogen-bond donors (Lipinski definition) is 2. The van der Waals surface area contributed by atoms with Crippen LogP contribution in [0.4, 0.5) is 0 Å². The van der Waals surface area contributed by atoms with Crippen LogP contribution in [0.3, 0.4) is 0 Å². The van der Waals surface area contributed by atoms with Gasteiger partial charge in [0.2, 0.25) is 0 Å². The van der Waals surface area contributed by atoms with E-state index in [-0.39, 0.29) is 27.6 Å². The highest BCUT2D eigenvalue weighted by Crippen LogP contribution is 2.75. The molecule has 42 heavy (non-hydrogen) atoms. The first-order chi connectivity index (χ1) is 19.4. The Morgan fingerprint density at radius 2 is 1.60 bits per heavy atom. The van der Waals surface area contributed by atoms with Crippen molar-refractivity contribution in [1.29, 1.82) is 0 Å². The maximum absolute atomic E-state index is 14.0. The third kappa shape index (κ3) is 3.82. The molecule has 1 aromatic carbocycles. The molecule has 0 heterocycles. The van der Waals surface area contributed by atoms with Crippen LogP contribution in [0, 0.1) is 57.2 Å². The second-order valence-electron chi connectivity index (χ2n) is 17.1. The number of allylic oxidation sites excluding steroid dienone is 3. The second kappa shape index (κ2) is 9.16. The summed E-state index contributed by atoms with van der Waals surface area (Å²) in [4.78, 5) is 27.0. The fraction of sp³-hybridized carbons (Fsp3) is 0.684. The van der Waals surface area contributed by atoms with Gasteiger partial charge >= 0.3 is 5.97 Å². The van der Waals surface area contributed by atoms with Gasteiger partial charge in [0.25, 0.3) is 0 Å². The van der Waals surface area contributed by atoms with Crippen LogP contribution in [0.2, 0.25) is 0 Å². The fourth-order valence-corrected chi connectivity index (χ4v) is 11.7. The standard InChI is InChI=1S/C38H52O4/c1-23-9-11-24(12-10-23)19-25-20-35(6)28(34(4,5)31(25)40)15-16-37(8)29(35)14-13-26-27-21-33(2,3)22-30(39)38(27,32(41)42)18-17-36(26,37)7/h9-13,19,27-30,39H,14-18,20-22H2,1-8H3,(H,41,42)/b25-19+/t27-,28-,29+,30+,35-,36+,37+,38-/m0/s1. The zero-order valence-corrected chi connectivity index (χ0v) is 27.1. The highest BCUT2D eigenvalue weighted by molar-refractivity contribution is 6.04. The van der Waals surface area contributed by atoms with E-state index < -0.39 is 22.9 Å². The summed E-state index contributed by atoms with van der Waals surface area (Å²) in [6.07, 6.45) is 10.2. The zero-order valence-electron chi connectivity index (χ0n) is 27.1. The van der Waals surface area contributed by atoms with Crippen molar-refractivity contribution in [2.75, 3.05) is 0 Å². The topological polar surface area (TPSA) is 74.6 Å². The van der Waals surface area contributed by atoms with Crippen LogP contribution in [-0.2, 0) is 9.59 Å². The Balaban J connectivity index is 1.45. The van der Waals surface area contributed by atoms with Gasteiger partial charge in [-0.05, 0) is 115 Å². The van der Waals surface area contributed by atoms with Crippen LogP contribution < -0.4 is 0 Å². The van der Waals surface area contributed by atoms with Gasteiger partial charge in [0.15, 0.2) is 5.78 Å². The highest BCUT2D eigenvalue weighted by atomic mass is 16.4. The number of hydrogen-bond acceptors (Lipinski definition) is 3. The molecule has 4 nitrogen and oxygen atoms in total. The van der Waals surface area contributed by atoms with Crippen molar-refractivity contribution in [2.24, 2.45) is 50.2 Å². The molecule has 228 valence electrons. The van der Waals surface area contributed by atoms with Crippen molar-refractivity contribution >= 4 is 17.8 Å². The Kier molecular flexibility index (Phi) is 6.51. The minimum atomic E-state index is -1.09. The van der Waals surface area contributed by atoms with E-state index >= 15 is 0 Å². The van der Waals surface area contributed by atoms with Gasteiger partial charge < -0.3 is 10.2 Å². The molecular weight excluding hydrogens is 520 g/mol. The average Bonchev–Trinajstić information content (AvgIpc) is 2.88. The van der Waals surface area contributed by atoms with Gasteiger partial charge in [0.1, 0.15) is 5.41 Å². The first-order valence-corrected chi connectivity index (χ1v) is 16.4. The molecule has 0 radical (unpaired) electrons. The van der Waals surface area contributed by atoms with Gasteiger partial charge in [0, 0.05) is 5.41 Å². The minimum Gasteiger partial charge on any atom is -0.481 e. The Bertz CT molecular complexity index is 1380. The van der Waals surface area contributed by atoms with Crippen LogP contribution in [0.15, 0.2) is 41.5 Å². The monoisotopic (exact) mass is 572 g/mol. The van der Waals surface area contributed by atoms with E-state index in [2.05, 4.69) is 91.8 Å². The van der Waals surface area contributed by atoms with Crippen LogP contribution in [0.25, 0.3) is 6.08 Å². The number of aliphatic hydroxyl groups excluding tert-OH is 1. The molecule has 4 saturated carbocycles. The van der Waals surface area contributed by atoms with E-state index in [4.69, 9.17) is 0 Å². The molecule has 0 aliphatic heterocycles. The number of aliphatic carboxylic acids is 1. The summed E-state index contributed by atoms with van der Waals surface area (Å²) >= 11 is 0. The van der Waals surface area contributed by atoms with Gasteiger partial charge in [0.05, 0.1) is 6.10 Å². The summed E-state index contributed by atoms with van der Waals surface area (Å²) in [5, 5.41) is 22.1. The van der Waals surface area contributed by atoms with Gasteiger partial charge in [-0.2, -0.15) is 0 Å². The summed E-state index contributed by atoms with van der Waals surface area (Å²) in [6.45, 7) is 18.2. The summed E-state index contributed by atoms with van der Waals surface area (Å²) < 4.78 is 0. The van der Waals surface area contributed by atoms with Crippen molar-refractivity contribution < 1.29 is 19.8 Å². The van der Waals surface area contributed by atoms with Crippen molar-refractivity contribution in [2.45, 2.75) is 113 Å². The summed E-state index contributed by atoms with van der Waals surface area (Å²) in [5.41, 5.74) is 2.77. The molecule has 8 atom stereocenters. The Hall–Kier alpha value is -2.20. The van der Waals surface area contributed by atoms with Gasteiger partial charge in [-0.1, -0.05) is 89.9 Å². The van der Waals surface area contributed by atoms with Crippen LogP contribution in [0.5, 0.6) is 0 Å². The van der Waals surface area contributed by atoms with E-state index in [1.807, 2.05) is 0 Å². The largest absolute Gasteiger partial charge is 0.481 e. The Morgan fingerprint density at radius 1 is 0.929 bits per heavy atom. The molecule has 0 bridgehead atoms. The van der Waals surface area contributed by atoms with Crippen molar-refractivity contribution in [3.63, 3.8) is 0 Å². The molecule has 0 aromatic heterocycles. The molecule has 0 spiro atoms. The van der Waals surface area contributed by atoms with Crippen LogP contribution in [-0.4, -0.2) is 28.1 Å².